The van der Waals surface area contributed by atoms with E-state index >= 15 is 0 Å². The second-order valence-corrected chi connectivity index (χ2v) is 5.01. The molecule has 2 N–H and O–H groups in total. The molecule has 0 fully saturated rings. The van der Waals surface area contributed by atoms with Crippen LogP contribution in [0.15, 0.2) is 6.20 Å². The number of imidazole rings is 1. The van der Waals surface area contributed by atoms with Gasteiger partial charge in [0.15, 0.2) is 0 Å². The summed E-state index contributed by atoms with van der Waals surface area (Å²) in [5.74, 6) is 0.968. The van der Waals surface area contributed by atoms with E-state index in [9.17, 15) is 0 Å². The third-order valence-electron chi connectivity index (χ3n) is 2.49. The van der Waals surface area contributed by atoms with Crippen molar-refractivity contribution >= 4 is 5.95 Å². The zero-order chi connectivity index (χ0) is 12.2. The van der Waals surface area contributed by atoms with Crippen LogP contribution in [0, 0.1) is 0 Å². The van der Waals surface area contributed by atoms with Crippen LogP contribution in [0.4, 0.5) is 5.95 Å². The monoisotopic (exact) mass is 224 g/mol. The molecule has 1 aromatic heterocycles. The van der Waals surface area contributed by atoms with E-state index in [0.29, 0.717) is 0 Å². The molecule has 0 aromatic carbocycles. The van der Waals surface area contributed by atoms with E-state index in [0.717, 1.165) is 31.3 Å². The SMILES string of the molecule is CCN(CC)c1ncc(CNC(C)(C)C)[nH]1. The van der Waals surface area contributed by atoms with Crippen LogP contribution in [0.1, 0.15) is 40.3 Å². The highest BCUT2D eigenvalue weighted by atomic mass is 15.3. The molecule has 0 atom stereocenters. The third-order valence-corrected chi connectivity index (χ3v) is 2.49. The first kappa shape index (κ1) is 13.0. The lowest BCUT2D eigenvalue weighted by Gasteiger charge is -2.20. The lowest BCUT2D eigenvalue weighted by atomic mass is 10.1. The molecule has 4 nitrogen and oxygen atoms in total. The van der Waals surface area contributed by atoms with Crippen LogP contribution in [-0.4, -0.2) is 28.6 Å². The number of hydrogen-bond donors (Lipinski definition) is 2. The Labute approximate surface area is 98.5 Å². The number of aromatic amines is 1. The van der Waals surface area contributed by atoms with Crippen molar-refractivity contribution in [3.63, 3.8) is 0 Å². The van der Waals surface area contributed by atoms with Crippen LogP contribution < -0.4 is 10.2 Å². The maximum Gasteiger partial charge on any atom is 0.202 e. The van der Waals surface area contributed by atoms with Crippen molar-refractivity contribution in [3.05, 3.63) is 11.9 Å². The Bertz CT molecular complexity index is 307. The molecule has 0 aliphatic carbocycles. The minimum absolute atomic E-state index is 0.139. The summed E-state index contributed by atoms with van der Waals surface area (Å²) in [4.78, 5) is 9.94. The van der Waals surface area contributed by atoms with Crippen LogP contribution in [0.25, 0.3) is 0 Å². The smallest absolute Gasteiger partial charge is 0.202 e. The van der Waals surface area contributed by atoms with Gasteiger partial charge in [-0.2, -0.15) is 0 Å². The van der Waals surface area contributed by atoms with Gasteiger partial charge in [0.1, 0.15) is 0 Å². The summed E-state index contributed by atoms with van der Waals surface area (Å²) in [6, 6.07) is 0. The van der Waals surface area contributed by atoms with Gasteiger partial charge in [-0.25, -0.2) is 4.98 Å². The number of hydrogen-bond acceptors (Lipinski definition) is 3. The first-order valence-corrected chi connectivity index (χ1v) is 6.00. The van der Waals surface area contributed by atoms with E-state index in [-0.39, 0.29) is 5.54 Å². The Morgan fingerprint density at radius 3 is 2.44 bits per heavy atom. The molecule has 0 saturated heterocycles. The predicted octanol–water partition coefficient (Wildman–Crippen LogP) is 2.14. The normalized spacial score (nSPS) is 11.8. The quantitative estimate of drug-likeness (QED) is 0.805. The van der Waals surface area contributed by atoms with Gasteiger partial charge in [-0.05, 0) is 34.6 Å². The minimum atomic E-state index is 0.139. The van der Waals surface area contributed by atoms with Gasteiger partial charge in [0.05, 0.1) is 11.9 Å². The van der Waals surface area contributed by atoms with E-state index in [1.165, 1.54) is 0 Å². The number of rotatable bonds is 5. The molecule has 0 radical (unpaired) electrons. The van der Waals surface area contributed by atoms with Gasteiger partial charge in [0.25, 0.3) is 0 Å². The average Bonchev–Trinajstić information content (AvgIpc) is 2.65. The van der Waals surface area contributed by atoms with E-state index in [4.69, 9.17) is 0 Å². The van der Waals surface area contributed by atoms with Gasteiger partial charge < -0.3 is 15.2 Å². The largest absolute Gasteiger partial charge is 0.343 e. The molecule has 0 aliphatic rings. The first-order valence-electron chi connectivity index (χ1n) is 6.00. The Morgan fingerprint density at radius 1 is 1.31 bits per heavy atom. The van der Waals surface area contributed by atoms with Crippen molar-refractivity contribution in [2.75, 3.05) is 18.0 Å². The topological polar surface area (TPSA) is 44.0 Å². The van der Waals surface area contributed by atoms with Crippen LogP contribution in [0.3, 0.4) is 0 Å². The molecule has 0 spiro atoms. The van der Waals surface area contributed by atoms with E-state index in [2.05, 4.69) is 54.8 Å². The zero-order valence-corrected chi connectivity index (χ0v) is 11.1. The Hall–Kier alpha value is -1.03. The minimum Gasteiger partial charge on any atom is -0.343 e. The van der Waals surface area contributed by atoms with Gasteiger partial charge in [0, 0.05) is 25.2 Å². The fourth-order valence-electron chi connectivity index (χ4n) is 1.48. The van der Waals surface area contributed by atoms with Crippen molar-refractivity contribution in [2.45, 2.75) is 46.7 Å². The molecular weight excluding hydrogens is 200 g/mol. The van der Waals surface area contributed by atoms with Gasteiger partial charge >= 0.3 is 0 Å². The van der Waals surface area contributed by atoms with Crippen LogP contribution >= 0.6 is 0 Å². The molecule has 0 unspecified atom stereocenters. The third kappa shape index (κ3) is 3.85. The second-order valence-electron chi connectivity index (χ2n) is 5.01. The summed E-state index contributed by atoms with van der Waals surface area (Å²) in [6.45, 7) is 13.6. The summed E-state index contributed by atoms with van der Waals surface area (Å²) < 4.78 is 0. The van der Waals surface area contributed by atoms with Crippen LogP contribution in [-0.2, 0) is 6.54 Å². The van der Waals surface area contributed by atoms with Gasteiger partial charge in [0.2, 0.25) is 5.95 Å². The number of H-pyrrole nitrogens is 1. The molecule has 1 rings (SSSR count). The summed E-state index contributed by atoms with van der Waals surface area (Å²) in [6.07, 6.45) is 1.91. The molecule has 0 aliphatic heterocycles. The average molecular weight is 224 g/mol. The summed E-state index contributed by atoms with van der Waals surface area (Å²) >= 11 is 0. The Kier molecular flexibility index (Phi) is 4.35. The van der Waals surface area contributed by atoms with Crippen molar-refractivity contribution in [2.24, 2.45) is 0 Å². The summed E-state index contributed by atoms with van der Waals surface area (Å²) in [5, 5.41) is 3.44. The van der Waals surface area contributed by atoms with Gasteiger partial charge in [-0.15, -0.1) is 0 Å². The van der Waals surface area contributed by atoms with E-state index in [1.54, 1.807) is 0 Å². The van der Waals surface area contributed by atoms with Crippen molar-refractivity contribution in [3.8, 4) is 0 Å². The van der Waals surface area contributed by atoms with Crippen molar-refractivity contribution in [1.29, 1.82) is 0 Å². The second kappa shape index (κ2) is 5.34. The van der Waals surface area contributed by atoms with Crippen molar-refractivity contribution < 1.29 is 0 Å². The van der Waals surface area contributed by atoms with Crippen LogP contribution in [0.2, 0.25) is 0 Å². The Balaban J connectivity index is 2.58. The number of aromatic nitrogens is 2. The van der Waals surface area contributed by atoms with E-state index < -0.39 is 0 Å². The standard InChI is InChI=1S/C12H24N4/c1-6-16(7-2)11-13-8-10(15-11)9-14-12(3,4)5/h8,14H,6-7,9H2,1-5H3,(H,13,15). The van der Waals surface area contributed by atoms with Gasteiger partial charge in [-0.3, -0.25) is 0 Å². The van der Waals surface area contributed by atoms with Crippen molar-refractivity contribution in [1.82, 2.24) is 15.3 Å². The molecule has 92 valence electrons. The highest BCUT2D eigenvalue weighted by molar-refractivity contribution is 5.30. The number of nitrogens with zero attached hydrogens (tertiary/aromatic N) is 2. The predicted molar refractivity (Wildman–Crippen MR) is 68.7 cm³/mol. The highest BCUT2D eigenvalue weighted by Gasteiger charge is 2.10. The molecular formula is C12H24N4. The first-order chi connectivity index (χ1) is 7.46. The molecule has 0 saturated carbocycles. The maximum absolute atomic E-state index is 4.39. The molecule has 1 aromatic rings. The summed E-state index contributed by atoms with van der Waals surface area (Å²) in [5.41, 5.74) is 1.28. The molecule has 0 bridgehead atoms. The molecule has 1 heterocycles. The fourth-order valence-corrected chi connectivity index (χ4v) is 1.48. The van der Waals surface area contributed by atoms with E-state index in [1.807, 2.05) is 6.20 Å². The Morgan fingerprint density at radius 2 is 1.94 bits per heavy atom. The zero-order valence-electron chi connectivity index (χ0n) is 11.1. The number of anilines is 1. The van der Waals surface area contributed by atoms with Crippen LogP contribution in [0.5, 0.6) is 0 Å². The molecule has 16 heavy (non-hydrogen) atoms. The van der Waals surface area contributed by atoms with Gasteiger partial charge in [-0.1, -0.05) is 0 Å². The number of nitrogens with one attached hydrogen (secondary N) is 2. The lowest BCUT2D eigenvalue weighted by Crippen LogP contribution is -2.35. The lowest BCUT2D eigenvalue weighted by molar-refractivity contribution is 0.421. The fraction of sp³-hybridized carbons (Fsp3) is 0.750. The summed E-state index contributed by atoms with van der Waals surface area (Å²) in [7, 11) is 0. The highest BCUT2D eigenvalue weighted by Crippen LogP contribution is 2.09. The molecule has 4 heteroatoms. The molecule has 0 amide bonds. The maximum atomic E-state index is 4.39.